The van der Waals surface area contributed by atoms with Gasteiger partial charge in [0.05, 0.1) is 0 Å². The molecule has 0 fully saturated rings. The molecule has 0 radical (unpaired) electrons. The summed E-state index contributed by atoms with van der Waals surface area (Å²) in [5, 5.41) is 2.49. The van der Waals surface area contributed by atoms with Crippen LogP contribution in [-0.2, 0) is 10.8 Å². The molecule has 0 aromatic heterocycles. The Labute approximate surface area is 352 Å². The Hall–Kier alpha value is -6.90. The minimum absolute atomic E-state index is 0.0483. The first kappa shape index (κ1) is 35.1. The second-order valence-corrected chi connectivity index (χ2v) is 18.0. The molecule has 0 N–H and O–H groups in total. The molecule has 1 aliphatic heterocycles. The van der Waals surface area contributed by atoms with E-state index < -0.39 is 0 Å². The molecular weight excluding hydrogens is 727 g/mol. The third-order valence-corrected chi connectivity index (χ3v) is 14.0. The number of hydrogen-bond donors (Lipinski definition) is 0. The van der Waals surface area contributed by atoms with Crippen molar-refractivity contribution in [1.82, 2.24) is 0 Å². The highest BCUT2D eigenvalue weighted by Gasteiger charge is 2.40. The average Bonchev–Trinajstić information content (AvgIpc) is 3.86. The van der Waals surface area contributed by atoms with E-state index in [1.807, 2.05) is 0 Å². The van der Waals surface area contributed by atoms with Gasteiger partial charge < -0.3 is 9.64 Å². The smallest absolute Gasteiger partial charge is 0.128 e. The van der Waals surface area contributed by atoms with Crippen molar-refractivity contribution in [1.29, 1.82) is 0 Å². The quantitative estimate of drug-likeness (QED) is 0.173. The highest BCUT2D eigenvalue weighted by molar-refractivity contribution is 6.01. The van der Waals surface area contributed by atoms with E-state index in [0.717, 1.165) is 22.8 Å². The molecule has 0 saturated carbocycles. The molecule has 1 heterocycles. The van der Waals surface area contributed by atoms with Crippen molar-refractivity contribution in [3.63, 3.8) is 0 Å². The Kier molecular flexibility index (Phi) is 7.48. The minimum atomic E-state index is -0.117. The van der Waals surface area contributed by atoms with Gasteiger partial charge >= 0.3 is 0 Å². The maximum atomic E-state index is 6.91. The molecule has 2 nitrogen and oxygen atoms in total. The summed E-state index contributed by atoms with van der Waals surface area (Å²) in [7, 11) is 0. The van der Waals surface area contributed by atoms with Crippen LogP contribution < -0.4 is 9.64 Å². The lowest BCUT2D eigenvalue weighted by atomic mass is 9.82. The van der Waals surface area contributed by atoms with E-state index in [9.17, 15) is 0 Å². The Morgan fingerprint density at radius 3 is 1.60 bits per heavy atom. The molecule has 0 amide bonds. The Balaban J connectivity index is 0.999. The first-order valence-electron chi connectivity index (χ1n) is 21.3. The lowest BCUT2D eigenvalue weighted by Crippen LogP contribution is -2.24. The van der Waals surface area contributed by atoms with E-state index in [2.05, 4.69) is 221 Å². The Morgan fingerprint density at radius 2 is 0.967 bits per heavy atom. The van der Waals surface area contributed by atoms with Crippen LogP contribution in [0.5, 0.6) is 5.75 Å². The summed E-state index contributed by atoms with van der Waals surface area (Å²) in [6.07, 6.45) is 6.96. The molecule has 60 heavy (non-hydrogen) atoms. The molecule has 2 heteroatoms. The van der Waals surface area contributed by atoms with Crippen LogP contribution in [0.2, 0.25) is 0 Å². The fourth-order valence-corrected chi connectivity index (χ4v) is 10.9. The maximum absolute atomic E-state index is 6.91. The first-order valence-corrected chi connectivity index (χ1v) is 21.3. The third-order valence-electron chi connectivity index (χ3n) is 14.0. The van der Waals surface area contributed by atoms with Crippen LogP contribution in [0.4, 0.5) is 11.4 Å². The van der Waals surface area contributed by atoms with Gasteiger partial charge in [0.15, 0.2) is 0 Å². The summed E-state index contributed by atoms with van der Waals surface area (Å²) >= 11 is 0. The summed E-state index contributed by atoms with van der Waals surface area (Å²) < 4.78 is 6.91. The molecule has 0 saturated heterocycles. The summed E-state index contributed by atoms with van der Waals surface area (Å²) in [6, 6.07) is 62.8. The SMILES string of the molecule is CC1(C)c2ccccc2-c2ccc(N(C3=CC4c5c(cc(-c6ccc(-c7ccccc7)cc6)c6ccccc56)OC4C=C3)c3ccc4c(c3)C(C)(C)c3ccccc3-4)cc21. The molecule has 8 aromatic rings. The fourth-order valence-electron chi connectivity index (χ4n) is 10.9. The van der Waals surface area contributed by atoms with Crippen LogP contribution in [0.15, 0.2) is 194 Å². The van der Waals surface area contributed by atoms with Crippen molar-refractivity contribution in [3.8, 4) is 50.3 Å². The molecule has 2 unspecified atom stereocenters. The number of ether oxygens (including phenoxy) is 1. The van der Waals surface area contributed by atoms with Crippen LogP contribution in [-0.4, -0.2) is 6.10 Å². The van der Waals surface area contributed by atoms with Gasteiger partial charge in [-0.15, -0.1) is 0 Å². The van der Waals surface area contributed by atoms with E-state index in [-0.39, 0.29) is 22.9 Å². The molecular formula is C58H45NO. The molecule has 8 aromatic carbocycles. The molecule has 4 aliphatic rings. The largest absolute Gasteiger partial charge is 0.485 e. The molecule has 0 bridgehead atoms. The van der Waals surface area contributed by atoms with Gasteiger partial charge in [0.25, 0.3) is 0 Å². The van der Waals surface area contributed by atoms with E-state index in [0.29, 0.717) is 0 Å². The van der Waals surface area contributed by atoms with Crippen molar-refractivity contribution >= 4 is 22.1 Å². The molecule has 0 spiro atoms. The summed E-state index contributed by atoms with van der Waals surface area (Å²) in [6.45, 7) is 9.48. The highest BCUT2D eigenvalue weighted by atomic mass is 16.5. The van der Waals surface area contributed by atoms with Crippen LogP contribution >= 0.6 is 0 Å². The maximum Gasteiger partial charge on any atom is 0.128 e. The lowest BCUT2D eigenvalue weighted by molar-refractivity contribution is 0.268. The fraction of sp³-hybridized carbons (Fsp3) is 0.138. The third kappa shape index (κ3) is 5.07. The second kappa shape index (κ2) is 12.8. The van der Waals surface area contributed by atoms with Gasteiger partial charge in [0, 0.05) is 39.4 Å². The molecule has 12 rings (SSSR count). The number of rotatable bonds is 5. The van der Waals surface area contributed by atoms with Gasteiger partial charge in [-0.2, -0.15) is 0 Å². The van der Waals surface area contributed by atoms with Crippen LogP contribution in [0.25, 0.3) is 55.3 Å². The van der Waals surface area contributed by atoms with Crippen molar-refractivity contribution < 1.29 is 4.74 Å². The Morgan fingerprint density at radius 1 is 0.450 bits per heavy atom. The number of hydrogen-bond acceptors (Lipinski definition) is 2. The van der Waals surface area contributed by atoms with Gasteiger partial charge in [-0.1, -0.05) is 167 Å². The number of allylic oxidation sites excluding steroid dienone is 1. The van der Waals surface area contributed by atoms with Gasteiger partial charge in [-0.05, 0) is 126 Å². The van der Waals surface area contributed by atoms with Gasteiger partial charge in [0.1, 0.15) is 11.9 Å². The van der Waals surface area contributed by atoms with E-state index in [4.69, 9.17) is 4.74 Å². The van der Waals surface area contributed by atoms with Gasteiger partial charge in [-0.25, -0.2) is 0 Å². The summed E-state index contributed by atoms with van der Waals surface area (Å²) in [5.41, 5.74) is 20.2. The van der Waals surface area contributed by atoms with Crippen molar-refractivity contribution in [2.24, 2.45) is 0 Å². The number of fused-ring (bicyclic) bond motifs is 11. The second-order valence-electron chi connectivity index (χ2n) is 18.0. The first-order chi connectivity index (χ1) is 29.3. The normalized spacial score (nSPS) is 18.1. The zero-order valence-corrected chi connectivity index (χ0v) is 34.4. The van der Waals surface area contributed by atoms with Crippen LogP contribution in [0.3, 0.4) is 0 Å². The van der Waals surface area contributed by atoms with Crippen LogP contribution in [0.1, 0.15) is 61.4 Å². The zero-order valence-electron chi connectivity index (χ0n) is 34.4. The topological polar surface area (TPSA) is 12.5 Å². The van der Waals surface area contributed by atoms with E-state index >= 15 is 0 Å². The van der Waals surface area contributed by atoms with E-state index in [1.165, 1.54) is 83.1 Å². The summed E-state index contributed by atoms with van der Waals surface area (Å²) in [4.78, 5) is 2.49. The molecule has 2 atom stereocenters. The van der Waals surface area contributed by atoms with Crippen LogP contribution in [0, 0.1) is 0 Å². The van der Waals surface area contributed by atoms with Crippen molar-refractivity contribution in [2.75, 3.05) is 4.90 Å². The predicted molar refractivity (Wildman–Crippen MR) is 249 cm³/mol. The predicted octanol–water partition coefficient (Wildman–Crippen LogP) is 14.9. The molecule has 3 aliphatic carbocycles. The van der Waals surface area contributed by atoms with Crippen molar-refractivity contribution in [2.45, 2.75) is 50.5 Å². The van der Waals surface area contributed by atoms with E-state index in [1.54, 1.807) is 0 Å². The minimum Gasteiger partial charge on any atom is -0.485 e. The Bertz CT molecular complexity index is 3020. The standard InChI is InChI=1S/C58H45NO/c1-57(2)50-20-12-10-17-43(50)45-29-26-40(33-52(45)57)59(41-27-30-46-44-18-11-13-21-51(44)58(3,4)53(46)34-41)39-28-31-54-49(32-39)56-47-19-9-8-16-42(47)48(35-55(56)60-54)38-24-22-37(23-25-38)36-14-6-5-7-15-36/h5-35,49,54H,1-4H3. The average molecular weight is 772 g/mol. The molecule has 288 valence electrons. The van der Waals surface area contributed by atoms with Gasteiger partial charge in [0.2, 0.25) is 0 Å². The van der Waals surface area contributed by atoms with Crippen molar-refractivity contribution in [3.05, 3.63) is 222 Å². The lowest BCUT2D eigenvalue weighted by Gasteiger charge is -2.32. The highest BCUT2D eigenvalue weighted by Crippen LogP contribution is 2.54. The number of nitrogens with zero attached hydrogens (tertiary/aromatic N) is 1. The monoisotopic (exact) mass is 771 g/mol. The zero-order chi connectivity index (χ0) is 40.3. The van der Waals surface area contributed by atoms with Gasteiger partial charge in [-0.3, -0.25) is 0 Å². The number of benzene rings is 8. The number of anilines is 2. The summed E-state index contributed by atoms with van der Waals surface area (Å²) in [5.74, 6) is 1.01.